The Morgan fingerprint density at radius 1 is 1.00 bits per heavy atom. The monoisotopic (exact) mass is 476 g/mol. The first-order chi connectivity index (χ1) is 16.1. The number of fused-ring (bicyclic) bond motifs is 2. The molecule has 1 saturated heterocycles. The number of phenols is 3. The predicted octanol–water partition coefficient (Wildman–Crippen LogP) is -0.615. The molecule has 1 fully saturated rings. The molecule has 0 spiro atoms. The summed E-state index contributed by atoms with van der Waals surface area (Å²) in [6, 6.07) is 4.76. The van der Waals surface area contributed by atoms with Crippen molar-refractivity contribution in [1.29, 1.82) is 0 Å². The summed E-state index contributed by atoms with van der Waals surface area (Å²) in [4.78, 5) is 24.9. The Morgan fingerprint density at radius 3 is 2.29 bits per heavy atom. The van der Waals surface area contributed by atoms with Gasteiger partial charge in [0, 0.05) is 18.4 Å². The van der Waals surface area contributed by atoms with Gasteiger partial charge in [-0.25, -0.2) is 0 Å². The van der Waals surface area contributed by atoms with Crippen molar-refractivity contribution in [3.8, 4) is 17.2 Å². The van der Waals surface area contributed by atoms with Gasteiger partial charge in [-0.05, 0) is 29.3 Å². The number of hydrogen-bond acceptors (Lipinski definition) is 11. The minimum atomic E-state index is -1.72. The van der Waals surface area contributed by atoms with Crippen LogP contribution in [0.4, 0.5) is 0 Å². The van der Waals surface area contributed by atoms with Crippen LogP contribution in [0.5, 0.6) is 17.2 Å². The lowest BCUT2D eigenvalue weighted by Gasteiger charge is -2.46. The maximum atomic E-state index is 13.2. The molecule has 7 N–H and O–H groups in total. The second-order valence-corrected chi connectivity index (χ2v) is 8.31. The first kappa shape index (κ1) is 23.9. The fraction of sp³-hybridized carbons (Fsp3) is 0.391. The molecule has 0 bridgehead atoms. The van der Waals surface area contributed by atoms with Crippen LogP contribution in [0.3, 0.4) is 0 Å². The number of aromatic hydroxyl groups is 3. The van der Waals surface area contributed by atoms with Crippen LogP contribution < -0.4 is 0 Å². The molecule has 6 atom stereocenters. The third-order valence-corrected chi connectivity index (χ3v) is 6.22. The van der Waals surface area contributed by atoms with Crippen molar-refractivity contribution in [3.63, 3.8) is 0 Å². The van der Waals surface area contributed by atoms with Crippen LogP contribution in [0.1, 0.15) is 45.5 Å². The largest absolute Gasteiger partial charge is 0.508 e. The van der Waals surface area contributed by atoms with Gasteiger partial charge < -0.3 is 45.2 Å². The van der Waals surface area contributed by atoms with E-state index in [-0.39, 0.29) is 27.8 Å². The minimum absolute atomic E-state index is 0.0566. The van der Waals surface area contributed by atoms with E-state index in [1.165, 1.54) is 12.1 Å². The molecule has 1 aliphatic heterocycles. The molecule has 0 amide bonds. The number of carbonyl (C=O) groups is 2. The molecular weight excluding hydrogens is 452 g/mol. The quantitative estimate of drug-likeness (QED) is 0.220. The molecule has 11 heteroatoms. The average Bonchev–Trinajstić information content (AvgIpc) is 2.79. The second kappa shape index (κ2) is 8.85. The number of aliphatic hydroxyl groups excluding tert-OH is 4. The number of rotatable bonds is 4. The summed E-state index contributed by atoms with van der Waals surface area (Å²) < 4.78 is 10.9. The molecular formula is C23H24O11. The Balaban J connectivity index is 1.98. The summed E-state index contributed by atoms with van der Waals surface area (Å²) in [5.74, 6) is -4.32. The molecule has 1 heterocycles. The van der Waals surface area contributed by atoms with Crippen LogP contribution in [0, 0.1) is 0 Å². The number of aliphatic hydroxyl groups is 4. The van der Waals surface area contributed by atoms with Crippen molar-refractivity contribution in [2.75, 3.05) is 6.61 Å². The highest BCUT2D eigenvalue weighted by atomic mass is 16.6. The van der Waals surface area contributed by atoms with Gasteiger partial charge in [0.15, 0.2) is 6.10 Å². The van der Waals surface area contributed by atoms with Crippen molar-refractivity contribution in [1.82, 2.24) is 0 Å². The molecule has 2 aliphatic rings. The van der Waals surface area contributed by atoms with E-state index in [1.54, 1.807) is 0 Å². The van der Waals surface area contributed by atoms with Crippen molar-refractivity contribution < 1.29 is 54.8 Å². The predicted molar refractivity (Wildman–Crippen MR) is 112 cm³/mol. The van der Waals surface area contributed by atoms with E-state index in [1.807, 2.05) is 0 Å². The lowest BCUT2D eigenvalue weighted by molar-refractivity contribution is -0.240. The highest BCUT2D eigenvalue weighted by Gasteiger charge is 2.52. The molecule has 1 aliphatic carbocycles. The maximum Gasteiger partial charge on any atom is 0.303 e. The number of phenolic OH excluding ortho intramolecular Hbond substituents is 3. The topological polar surface area (TPSA) is 194 Å². The van der Waals surface area contributed by atoms with Crippen molar-refractivity contribution in [3.05, 3.63) is 52.1 Å². The minimum Gasteiger partial charge on any atom is -0.508 e. The van der Waals surface area contributed by atoms with E-state index in [2.05, 4.69) is 0 Å². The normalized spacial score (nSPS) is 28.2. The van der Waals surface area contributed by atoms with E-state index in [4.69, 9.17) is 9.47 Å². The van der Waals surface area contributed by atoms with Gasteiger partial charge in [-0.1, -0.05) is 6.07 Å². The van der Waals surface area contributed by atoms with E-state index in [0.29, 0.717) is 0 Å². The molecule has 4 rings (SSSR count). The van der Waals surface area contributed by atoms with Crippen LogP contribution in [0.2, 0.25) is 0 Å². The van der Waals surface area contributed by atoms with Crippen LogP contribution in [-0.4, -0.2) is 84.6 Å². The molecule has 0 saturated carbocycles. The Bertz CT molecular complexity index is 1140. The first-order valence-electron chi connectivity index (χ1n) is 10.5. The number of ketones is 1. The van der Waals surface area contributed by atoms with E-state index >= 15 is 0 Å². The SMILES string of the molecule is CC(=O)OC1C(O)C(CO)OC(C2c3cc(CO)cc(O)c3C(=O)c3c(O)ccc(O)c32)C1O. The van der Waals surface area contributed by atoms with Gasteiger partial charge in [0.1, 0.15) is 35.6 Å². The molecule has 0 aromatic heterocycles. The third kappa shape index (κ3) is 3.67. The highest BCUT2D eigenvalue weighted by Crippen LogP contribution is 2.50. The van der Waals surface area contributed by atoms with Gasteiger partial charge in [0.05, 0.1) is 30.4 Å². The molecule has 2 aromatic carbocycles. The average molecular weight is 476 g/mol. The summed E-state index contributed by atoms with van der Waals surface area (Å²) in [6.07, 6.45) is -7.61. The van der Waals surface area contributed by atoms with Crippen LogP contribution in [0.25, 0.3) is 0 Å². The lowest BCUT2D eigenvalue weighted by Crippen LogP contribution is -2.61. The Kier molecular flexibility index (Phi) is 6.23. The fourth-order valence-corrected chi connectivity index (χ4v) is 4.79. The van der Waals surface area contributed by atoms with Gasteiger partial charge in [-0.2, -0.15) is 0 Å². The van der Waals surface area contributed by atoms with E-state index < -0.39 is 78.7 Å². The molecule has 34 heavy (non-hydrogen) atoms. The first-order valence-corrected chi connectivity index (χ1v) is 10.5. The molecule has 11 nitrogen and oxygen atoms in total. The van der Waals surface area contributed by atoms with Gasteiger partial charge in [-0.15, -0.1) is 0 Å². The van der Waals surface area contributed by atoms with Crippen molar-refractivity contribution in [2.45, 2.75) is 50.0 Å². The van der Waals surface area contributed by atoms with Gasteiger partial charge in [-0.3, -0.25) is 9.59 Å². The van der Waals surface area contributed by atoms with Gasteiger partial charge in [0.25, 0.3) is 0 Å². The number of hydrogen-bond donors (Lipinski definition) is 7. The lowest BCUT2D eigenvalue weighted by atomic mass is 9.71. The molecule has 0 radical (unpaired) electrons. The van der Waals surface area contributed by atoms with E-state index in [9.17, 15) is 45.3 Å². The van der Waals surface area contributed by atoms with Crippen molar-refractivity contribution >= 4 is 11.8 Å². The number of benzene rings is 2. The Labute approximate surface area is 193 Å². The van der Waals surface area contributed by atoms with E-state index in [0.717, 1.165) is 19.1 Å². The summed E-state index contributed by atoms with van der Waals surface area (Å²) in [6.45, 7) is -0.165. The Hall–Kier alpha value is -3.22. The number of esters is 1. The molecule has 2 aromatic rings. The van der Waals surface area contributed by atoms with Crippen LogP contribution >= 0.6 is 0 Å². The zero-order valence-electron chi connectivity index (χ0n) is 18.0. The number of ether oxygens (including phenoxy) is 2. The fourth-order valence-electron chi connectivity index (χ4n) is 4.79. The van der Waals surface area contributed by atoms with Crippen LogP contribution in [-0.2, 0) is 20.9 Å². The summed E-state index contributed by atoms with van der Waals surface area (Å²) in [5, 5.41) is 72.7. The molecule has 6 unspecified atom stereocenters. The summed E-state index contributed by atoms with van der Waals surface area (Å²) in [5.41, 5.74) is -0.456. The van der Waals surface area contributed by atoms with Gasteiger partial charge >= 0.3 is 5.97 Å². The smallest absolute Gasteiger partial charge is 0.303 e. The highest BCUT2D eigenvalue weighted by molar-refractivity contribution is 6.16. The number of carbonyl (C=O) groups excluding carboxylic acids is 2. The summed E-state index contributed by atoms with van der Waals surface area (Å²) in [7, 11) is 0. The summed E-state index contributed by atoms with van der Waals surface area (Å²) >= 11 is 0. The maximum absolute atomic E-state index is 13.2. The second-order valence-electron chi connectivity index (χ2n) is 8.31. The van der Waals surface area contributed by atoms with Crippen molar-refractivity contribution in [2.24, 2.45) is 0 Å². The third-order valence-electron chi connectivity index (χ3n) is 6.22. The standard InChI is InChI=1S/C23H24O11/c1-8(26)33-23-19(30)14(7-25)34-22(21(23)32)16-10-4-9(6-24)5-13(29)15(10)20(31)18-12(28)3-2-11(27)17(16)18/h2-5,14,16,19,21-25,27-30,32H,6-7H2,1H3. The molecule has 182 valence electrons. The zero-order chi connectivity index (χ0) is 24.9. The Morgan fingerprint density at radius 2 is 1.68 bits per heavy atom. The van der Waals surface area contributed by atoms with Gasteiger partial charge in [0.2, 0.25) is 5.78 Å². The van der Waals surface area contributed by atoms with Crippen LogP contribution in [0.15, 0.2) is 24.3 Å². The zero-order valence-corrected chi connectivity index (χ0v) is 18.0.